The largest absolute Gasteiger partial charge is 0.477 e. The SMILES string of the molecule is O=C(O)c1cccc(N2CCC(O)(C(F)(F)F)CC2)n1. The molecule has 1 aliphatic rings. The molecule has 2 rings (SSSR count). The van der Waals surface area contributed by atoms with E-state index in [1.165, 1.54) is 23.1 Å². The molecule has 5 nitrogen and oxygen atoms in total. The summed E-state index contributed by atoms with van der Waals surface area (Å²) in [6.07, 6.45) is -5.58. The lowest BCUT2D eigenvalue weighted by atomic mass is 9.91. The summed E-state index contributed by atoms with van der Waals surface area (Å²) >= 11 is 0. The lowest BCUT2D eigenvalue weighted by Gasteiger charge is -2.39. The highest BCUT2D eigenvalue weighted by molar-refractivity contribution is 5.85. The van der Waals surface area contributed by atoms with Crippen molar-refractivity contribution in [1.29, 1.82) is 0 Å². The average molecular weight is 290 g/mol. The highest BCUT2D eigenvalue weighted by atomic mass is 19.4. The molecule has 2 heterocycles. The topological polar surface area (TPSA) is 73.7 Å². The number of aliphatic hydroxyl groups is 1. The van der Waals surface area contributed by atoms with Gasteiger partial charge in [-0.05, 0) is 12.1 Å². The van der Waals surface area contributed by atoms with E-state index in [9.17, 15) is 23.1 Å². The Balaban J connectivity index is 2.11. The van der Waals surface area contributed by atoms with E-state index < -0.39 is 30.6 Å². The Morgan fingerprint density at radius 1 is 1.30 bits per heavy atom. The van der Waals surface area contributed by atoms with Crippen LogP contribution < -0.4 is 4.90 Å². The highest BCUT2D eigenvalue weighted by Crippen LogP contribution is 2.38. The van der Waals surface area contributed by atoms with Crippen LogP contribution in [0.4, 0.5) is 19.0 Å². The molecule has 1 saturated heterocycles. The molecule has 0 unspecified atom stereocenters. The van der Waals surface area contributed by atoms with Crippen molar-refractivity contribution in [2.45, 2.75) is 24.6 Å². The average Bonchev–Trinajstić information content (AvgIpc) is 2.38. The number of piperidine rings is 1. The summed E-state index contributed by atoms with van der Waals surface area (Å²) in [5.74, 6) is -0.898. The number of pyridine rings is 1. The molecule has 1 aromatic heterocycles. The van der Waals surface area contributed by atoms with Crippen LogP contribution >= 0.6 is 0 Å². The summed E-state index contributed by atoms with van der Waals surface area (Å²) in [6.45, 7) is -0.0713. The van der Waals surface area contributed by atoms with Gasteiger partial charge < -0.3 is 15.1 Å². The van der Waals surface area contributed by atoms with Gasteiger partial charge in [0, 0.05) is 25.9 Å². The number of anilines is 1. The molecule has 0 saturated carbocycles. The van der Waals surface area contributed by atoms with Gasteiger partial charge in [-0.1, -0.05) is 6.07 Å². The maximum absolute atomic E-state index is 12.7. The first-order valence-corrected chi connectivity index (χ1v) is 5.97. The van der Waals surface area contributed by atoms with E-state index >= 15 is 0 Å². The maximum atomic E-state index is 12.7. The normalized spacial score (nSPS) is 18.9. The molecule has 0 bridgehead atoms. The number of carbonyl (C=O) groups is 1. The number of halogens is 3. The predicted octanol–water partition coefficient (Wildman–Crippen LogP) is 1.67. The van der Waals surface area contributed by atoms with E-state index in [1.54, 1.807) is 0 Å². The fraction of sp³-hybridized carbons (Fsp3) is 0.500. The van der Waals surface area contributed by atoms with Crippen LogP contribution in [-0.4, -0.2) is 46.0 Å². The molecule has 0 atom stereocenters. The Morgan fingerprint density at radius 3 is 2.40 bits per heavy atom. The molecular weight excluding hydrogens is 277 g/mol. The molecule has 20 heavy (non-hydrogen) atoms. The molecule has 1 aromatic rings. The zero-order valence-corrected chi connectivity index (χ0v) is 10.4. The number of carboxylic acids is 1. The van der Waals surface area contributed by atoms with Crippen LogP contribution in [0.5, 0.6) is 0 Å². The van der Waals surface area contributed by atoms with E-state index in [4.69, 9.17) is 5.11 Å². The van der Waals surface area contributed by atoms with Crippen molar-refractivity contribution in [3.8, 4) is 0 Å². The van der Waals surface area contributed by atoms with Gasteiger partial charge in [-0.3, -0.25) is 0 Å². The summed E-state index contributed by atoms with van der Waals surface area (Å²) in [7, 11) is 0. The third kappa shape index (κ3) is 2.69. The standard InChI is InChI=1S/C12H13F3N2O3/c13-12(14,15)11(20)4-6-17(7-5-11)9-3-1-2-8(16-9)10(18)19/h1-3,20H,4-7H2,(H,18,19). The van der Waals surface area contributed by atoms with Crippen LogP contribution in [0.2, 0.25) is 0 Å². The van der Waals surface area contributed by atoms with Gasteiger partial charge in [0.25, 0.3) is 0 Å². The van der Waals surface area contributed by atoms with Crippen LogP contribution in [0.3, 0.4) is 0 Å². The minimum Gasteiger partial charge on any atom is -0.477 e. The van der Waals surface area contributed by atoms with E-state index in [0.29, 0.717) is 5.82 Å². The first-order chi connectivity index (χ1) is 9.23. The molecule has 0 amide bonds. The lowest BCUT2D eigenvalue weighted by Crippen LogP contribution is -2.53. The molecule has 1 aliphatic heterocycles. The zero-order chi connectivity index (χ0) is 15.0. The predicted molar refractivity (Wildman–Crippen MR) is 63.6 cm³/mol. The van der Waals surface area contributed by atoms with E-state index in [2.05, 4.69) is 4.98 Å². The van der Waals surface area contributed by atoms with Gasteiger partial charge >= 0.3 is 12.1 Å². The first kappa shape index (κ1) is 14.6. The lowest BCUT2D eigenvalue weighted by molar-refractivity contribution is -0.266. The van der Waals surface area contributed by atoms with Gasteiger partial charge in [0.1, 0.15) is 5.82 Å². The Hall–Kier alpha value is -1.83. The second kappa shape index (κ2) is 4.93. The summed E-state index contributed by atoms with van der Waals surface area (Å²) in [4.78, 5) is 16.2. The molecular formula is C12H13F3N2O3. The number of hydrogen-bond donors (Lipinski definition) is 2. The zero-order valence-electron chi connectivity index (χ0n) is 10.4. The van der Waals surface area contributed by atoms with E-state index in [0.717, 1.165) is 0 Å². The summed E-state index contributed by atoms with van der Waals surface area (Å²) in [5, 5.41) is 18.4. The van der Waals surface area contributed by atoms with Crippen LogP contribution in [-0.2, 0) is 0 Å². The monoisotopic (exact) mass is 290 g/mol. The van der Waals surface area contributed by atoms with Crippen molar-refractivity contribution in [3.63, 3.8) is 0 Å². The molecule has 0 spiro atoms. The van der Waals surface area contributed by atoms with Crippen LogP contribution in [0.15, 0.2) is 18.2 Å². The van der Waals surface area contributed by atoms with Gasteiger partial charge in [0.15, 0.2) is 11.3 Å². The summed E-state index contributed by atoms with van der Waals surface area (Å²) in [6, 6.07) is 4.32. The van der Waals surface area contributed by atoms with Gasteiger partial charge in [-0.15, -0.1) is 0 Å². The quantitative estimate of drug-likeness (QED) is 0.866. The van der Waals surface area contributed by atoms with Gasteiger partial charge in [0.2, 0.25) is 0 Å². The Labute approximate surface area is 112 Å². The molecule has 0 aromatic carbocycles. The van der Waals surface area contributed by atoms with Crippen molar-refractivity contribution in [2.75, 3.05) is 18.0 Å². The Kier molecular flexibility index (Phi) is 3.59. The van der Waals surface area contributed by atoms with Crippen molar-refractivity contribution >= 4 is 11.8 Å². The number of nitrogens with zero attached hydrogens (tertiary/aromatic N) is 2. The summed E-state index contributed by atoms with van der Waals surface area (Å²) < 4.78 is 38.0. The number of aromatic carboxylic acids is 1. The van der Waals surface area contributed by atoms with Crippen LogP contribution in [0.25, 0.3) is 0 Å². The Bertz CT molecular complexity index is 511. The van der Waals surface area contributed by atoms with Crippen LogP contribution in [0, 0.1) is 0 Å². The highest BCUT2D eigenvalue weighted by Gasteiger charge is 2.54. The molecule has 0 aliphatic carbocycles. The smallest absolute Gasteiger partial charge is 0.417 e. The maximum Gasteiger partial charge on any atom is 0.417 e. The van der Waals surface area contributed by atoms with Gasteiger partial charge in [-0.2, -0.15) is 13.2 Å². The van der Waals surface area contributed by atoms with Gasteiger partial charge in [0.05, 0.1) is 0 Å². The number of hydrogen-bond acceptors (Lipinski definition) is 4. The number of rotatable bonds is 2. The minimum atomic E-state index is -4.66. The van der Waals surface area contributed by atoms with Crippen molar-refractivity contribution in [3.05, 3.63) is 23.9 Å². The van der Waals surface area contributed by atoms with Crippen molar-refractivity contribution in [2.24, 2.45) is 0 Å². The second-order valence-electron chi connectivity index (χ2n) is 4.70. The molecule has 1 fully saturated rings. The molecule has 110 valence electrons. The van der Waals surface area contributed by atoms with E-state index in [-0.39, 0.29) is 18.8 Å². The fourth-order valence-electron chi connectivity index (χ4n) is 2.11. The first-order valence-electron chi connectivity index (χ1n) is 5.97. The molecule has 8 heteroatoms. The second-order valence-corrected chi connectivity index (χ2v) is 4.70. The minimum absolute atomic E-state index is 0.0356. The van der Waals surface area contributed by atoms with Crippen molar-refractivity contribution < 1.29 is 28.2 Å². The van der Waals surface area contributed by atoms with Gasteiger partial charge in [-0.25, -0.2) is 9.78 Å². The van der Waals surface area contributed by atoms with Crippen LogP contribution in [0.1, 0.15) is 23.3 Å². The van der Waals surface area contributed by atoms with E-state index in [1.807, 2.05) is 0 Å². The molecule has 0 radical (unpaired) electrons. The van der Waals surface area contributed by atoms with Crippen molar-refractivity contribution in [1.82, 2.24) is 4.98 Å². The number of aromatic nitrogens is 1. The Morgan fingerprint density at radius 2 is 1.90 bits per heavy atom. The third-order valence-electron chi connectivity index (χ3n) is 3.40. The molecule has 2 N–H and O–H groups in total. The number of alkyl halides is 3. The fourth-order valence-corrected chi connectivity index (χ4v) is 2.11. The summed E-state index contributed by atoms with van der Waals surface area (Å²) in [5.41, 5.74) is -2.84. The third-order valence-corrected chi connectivity index (χ3v) is 3.40. The number of carboxylic acid groups (broad SMARTS) is 1.